The average Bonchev–Trinajstić information content (AvgIpc) is 2.73. The number of hydrogen-bond donors (Lipinski definition) is 2. The van der Waals surface area contributed by atoms with Gasteiger partial charge in [0.15, 0.2) is 0 Å². The molecule has 0 aromatic heterocycles. The normalized spacial score (nSPS) is 14.5. The summed E-state index contributed by atoms with van der Waals surface area (Å²) < 4.78 is 11.4. The minimum absolute atomic E-state index is 0.256. The molecule has 2 aromatic carbocycles. The first-order chi connectivity index (χ1) is 14.2. The van der Waals surface area contributed by atoms with Gasteiger partial charge in [0.2, 0.25) is 0 Å². The maximum absolute atomic E-state index is 11.9. The maximum Gasteiger partial charge on any atom is 0.335 e. The fourth-order valence-corrected chi connectivity index (χ4v) is 3.27. The lowest BCUT2D eigenvalue weighted by Crippen LogP contribution is -2.41. The Morgan fingerprint density at radius 3 is 2.52 bits per heavy atom. The van der Waals surface area contributed by atoms with Crippen LogP contribution in [-0.2, 0) is 0 Å². The van der Waals surface area contributed by atoms with Crippen molar-refractivity contribution in [1.82, 2.24) is 10.7 Å². The third-order valence-corrected chi connectivity index (χ3v) is 4.82. The maximum atomic E-state index is 11.9. The van der Waals surface area contributed by atoms with Gasteiger partial charge in [0.25, 0.3) is 0 Å². The number of aryl methyl sites for hydroxylation is 1. The topological polar surface area (TPSA) is 72.0 Å². The molecule has 2 N–H and O–H groups in total. The first-order valence-electron chi connectivity index (χ1n) is 10.2. The van der Waals surface area contributed by atoms with Crippen molar-refractivity contribution in [1.29, 1.82) is 0 Å². The molecule has 29 heavy (non-hydrogen) atoms. The highest BCUT2D eigenvalue weighted by molar-refractivity contribution is 5.82. The predicted molar refractivity (Wildman–Crippen MR) is 115 cm³/mol. The molecule has 0 aliphatic heterocycles. The smallest absolute Gasteiger partial charge is 0.335 e. The van der Waals surface area contributed by atoms with E-state index in [1.165, 1.54) is 24.8 Å². The van der Waals surface area contributed by atoms with E-state index in [0.717, 1.165) is 29.9 Å². The second-order valence-electron chi connectivity index (χ2n) is 7.26. The summed E-state index contributed by atoms with van der Waals surface area (Å²) in [5.41, 5.74) is 4.58. The summed E-state index contributed by atoms with van der Waals surface area (Å²) >= 11 is 0. The van der Waals surface area contributed by atoms with Crippen LogP contribution < -0.4 is 20.2 Å². The number of urea groups is 1. The van der Waals surface area contributed by atoms with Gasteiger partial charge in [0.05, 0.1) is 6.21 Å². The molecule has 0 saturated heterocycles. The van der Waals surface area contributed by atoms with Crippen LogP contribution in [0.1, 0.15) is 43.2 Å². The SMILES string of the molecule is Cc1ccc(OCCOc2cccc(/C=N/NC(=O)NC3CCCCC3)c2)cc1. The molecule has 1 aliphatic rings. The second-order valence-corrected chi connectivity index (χ2v) is 7.26. The van der Waals surface area contributed by atoms with Crippen LogP contribution in [0.2, 0.25) is 0 Å². The minimum atomic E-state index is -0.256. The summed E-state index contributed by atoms with van der Waals surface area (Å²) in [4.78, 5) is 11.9. The summed E-state index contributed by atoms with van der Waals surface area (Å²) in [5.74, 6) is 1.56. The van der Waals surface area contributed by atoms with E-state index in [1.54, 1.807) is 6.21 Å². The van der Waals surface area contributed by atoms with Gasteiger partial charge in [-0.2, -0.15) is 5.10 Å². The highest BCUT2D eigenvalue weighted by Crippen LogP contribution is 2.17. The molecular formula is C23H29N3O3. The fraction of sp³-hybridized carbons (Fsp3) is 0.391. The molecule has 1 aliphatic carbocycles. The number of carbonyl (C=O) groups is 1. The number of hydrazone groups is 1. The standard InChI is InChI=1S/C23H29N3O3/c1-18-10-12-21(13-11-18)28-14-15-29-22-9-5-6-19(16-22)17-24-26-23(27)25-20-7-3-2-4-8-20/h5-6,9-13,16-17,20H,2-4,7-8,14-15H2,1H3,(H2,25,26,27)/b24-17+. The van der Waals surface area contributed by atoms with Gasteiger partial charge in [-0.1, -0.05) is 49.1 Å². The zero-order chi connectivity index (χ0) is 20.3. The summed E-state index contributed by atoms with van der Waals surface area (Å²) in [5, 5.41) is 6.99. The molecule has 3 rings (SSSR count). The van der Waals surface area contributed by atoms with Crippen LogP contribution in [0, 0.1) is 6.92 Å². The van der Waals surface area contributed by atoms with Gasteiger partial charge >= 0.3 is 6.03 Å². The molecule has 0 spiro atoms. The zero-order valence-electron chi connectivity index (χ0n) is 16.9. The van der Waals surface area contributed by atoms with Crippen molar-refractivity contribution in [2.75, 3.05) is 13.2 Å². The summed E-state index contributed by atoms with van der Waals surface area (Å²) in [7, 11) is 0. The van der Waals surface area contributed by atoms with Crippen LogP contribution in [0.3, 0.4) is 0 Å². The Morgan fingerprint density at radius 1 is 1.03 bits per heavy atom. The molecule has 6 nitrogen and oxygen atoms in total. The Balaban J connectivity index is 1.38. The molecule has 0 heterocycles. The first-order valence-corrected chi connectivity index (χ1v) is 10.2. The van der Waals surface area contributed by atoms with E-state index in [-0.39, 0.29) is 12.1 Å². The molecule has 0 radical (unpaired) electrons. The summed E-state index contributed by atoms with van der Waals surface area (Å²) in [6, 6.07) is 15.5. The van der Waals surface area contributed by atoms with Crippen molar-refractivity contribution >= 4 is 12.2 Å². The molecule has 6 heteroatoms. The van der Waals surface area contributed by atoms with E-state index in [2.05, 4.69) is 15.8 Å². The Hall–Kier alpha value is -3.02. The molecule has 0 bridgehead atoms. The Kier molecular flexibility index (Phi) is 7.92. The monoisotopic (exact) mass is 395 g/mol. The van der Waals surface area contributed by atoms with Gasteiger partial charge in [-0.05, 0) is 49.6 Å². The number of ether oxygens (including phenoxy) is 2. The van der Waals surface area contributed by atoms with Crippen LogP contribution >= 0.6 is 0 Å². The van der Waals surface area contributed by atoms with Crippen molar-refractivity contribution in [2.24, 2.45) is 5.10 Å². The first kappa shape index (κ1) is 20.7. The van der Waals surface area contributed by atoms with Crippen molar-refractivity contribution < 1.29 is 14.3 Å². The van der Waals surface area contributed by atoms with Crippen LogP contribution in [0.15, 0.2) is 53.6 Å². The third kappa shape index (κ3) is 7.49. The van der Waals surface area contributed by atoms with Crippen LogP contribution in [0.25, 0.3) is 0 Å². The lowest BCUT2D eigenvalue weighted by molar-refractivity contribution is 0.217. The Labute approximate surface area is 172 Å². The molecular weight excluding hydrogens is 366 g/mol. The third-order valence-electron chi connectivity index (χ3n) is 4.82. The second kappa shape index (κ2) is 11.1. The lowest BCUT2D eigenvalue weighted by Gasteiger charge is -2.22. The molecule has 0 unspecified atom stereocenters. The fourth-order valence-electron chi connectivity index (χ4n) is 3.27. The molecule has 1 fully saturated rings. The highest BCUT2D eigenvalue weighted by atomic mass is 16.5. The predicted octanol–water partition coefficient (Wildman–Crippen LogP) is 4.42. The number of amides is 2. The Bertz CT molecular complexity index is 799. The lowest BCUT2D eigenvalue weighted by atomic mass is 9.96. The quantitative estimate of drug-likeness (QED) is 0.395. The van der Waals surface area contributed by atoms with Crippen molar-refractivity contribution in [3.05, 3.63) is 59.7 Å². The van der Waals surface area contributed by atoms with E-state index < -0.39 is 0 Å². The number of hydrogen-bond acceptors (Lipinski definition) is 4. The molecule has 0 atom stereocenters. The largest absolute Gasteiger partial charge is 0.490 e. The van der Waals surface area contributed by atoms with Crippen molar-refractivity contribution in [3.8, 4) is 11.5 Å². The molecule has 1 saturated carbocycles. The van der Waals surface area contributed by atoms with Gasteiger partial charge in [-0.3, -0.25) is 0 Å². The van der Waals surface area contributed by atoms with E-state index in [4.69, 9.17) is 9.47 Å². The highest BCUT2D eigenvalue weighted by Gasteiger charge is 2.14. The number of nitrogens with zero attached hydrogens (tertiary/aromatic N) is 1. The van der Waals surface area contributed by atoms with E-state index in [1.807, 2.05) is 55.5 Å². The number of carbonyl (C=O) groups excluding carboxylic acids is 1. The zero-order valence-corrected chi connectivity index (χ0v) is 16.9. The summed E-state index contributed by atoms with van der Waals surface area (Å²) in [6.45, 7) is 2.95. The minimum Gasteiger partial charge on any atom is -0.490 e. The average molecular weight is 396 g/mol. The number of benzene rings is 2. The number of rotatable bonds is 8. The van der Waals surface area contributed by atoms with E-state index in [0.29, 0.717) is 13.2 Å². The van der Waals surface area contributed by atoms with Crippen molar-refractivity contribution in [2.45, 2.75) is 45.1 Å². The van der Waals surface area contributed by atoms with Gasteiger partial charge < -0.3 is 14.8 Å². The van der Waals surface area contributed by atoms with Gasteiger partial charge in [0, 0.05) is 6.04 Å². The van der Waals surface area contributed by atoms with E-state index in [9.17, 15) is 4.79 Å². The van der Waals surface area contributed by atoms with Crippen LogP contribution in [0.4, 0.5) is 4.79 Å². The van der Waals surface area contributed by atoms with Gasteiger partial charge in [-0.25, -0.2) is 10.2 Å². The number of nitrogens with one attached hydrogen (secondary N) is 2. The molecule has 2 aromatic rings. The van der Waals surface area contributed by atoms with Gasteiger partial charge in [0.1, 0.15) is 24.7 Å². The van der Waals surface area contributed by atoms with Crippen LogP contribution in [-0.4, -0.2) is 31.5 Å². The summed E-state index contributed by atoms with van der Waals surface area (Å²) in [6.07, 6.45) is 7.31. The van der Waals surface area contributed by atoms with Gasteiger partial charge in [-0.15, -0.1) is 0 Å². The van der Waals surface area contributed by atoms with E-state index >= 15 is 0 Å². The van der Waals surface area contributed by atoms with Crippen LogP contribution in [0.5, 0.6) is 11.5 Å². The molecule has 2 amide bonds. The van der Waals surface area contributed by atoms with Crippen molar-refractivity contribution in [3.63, 3.8) is 0 Å². The Morgan fingerprint density at radius 2 is 1.76 bits per heavy atom. The molecule has 154 valence electrons.